The molecule has 0 radical (unpaired) electrons. The lowest BCUT2D eigenvalue weighted by molar-refractivity contribution is -0.121. The Labute approximate surface area is 125 Å². The van der Waals surface area contributed by atoms with Gasteiger partial charge in [-0.2, -0.15) is 0 Å². The van der Waals surface area contributed by atoms with Gasteiger partial charge in [0, 0.05) is 42.9 Å². The van der Waals surface area contributed by atoms with Crippen LogP contribution in [0.25, 0.3) is 0 Å². The van der Waals surface area contributed by atoms with E-state index in [0.717, 1.165) is 25.3 Å². The quantitative estimate of drug-likeness (QED) is 0.903. The molecule has 1 aromatic rings. The predicted octanol–water partition coefficient (Wildman–Crippen LogP) is 1.99. The van der Waals surface area contributed by atoms with Crippen molar-refractivity contribution in [3.63, 3.8) is 0 Å². The molecule has 1 amide bonds. The molecular formula is C16H22N4O. The maximum absolute atomic E-state index is 11.7. The largest absolute Gasteiger partial charge is 0.354 e. The number of nitrogens with zero attached hydrogens (tertiary/aromatic N) is 3. The van der Waals surface area contributed by atoms with Crippen molar-refractivity contribution in [3.8, 4) is 0 Å². The highest BCUT2D eigenvalue weighted by atomic mass is 16.1. The first kappa shape index (κ1) is 13.0. The van der Waals surface area contributed by atoms with Crippen LogP contribution in [0.1, 0.15) is 56.6 Å². The molecular weight excluding hydrogens is 264 g/mol. The number of hydrogen-bond donors (Lipinski definition) is 1. The molecule has 5 heteroatoms. The molecule has 1 aliphatic carbocycles. The summed E-state index contributed by atoms with van der Waals surface area (Å²) < 4.78 is 0. The smallest absolute Gasteiger partial charge is 0.226 e. The summed E-state index contributed by atoms with van der Waals surface area (Å²) in [6, 6.07) is 2.71. The minimum atomic E-state index is 0.166. The van der Waals surface area contributed by atoms with E-state index in [9.17, 15) is 4.79 Å². The van der Waals surface area contributed by atoms with Crippen LogP contribution in [0.3, 0.4) is 0 Å². The van der Waals surface area contributed by atoms with Gasteiger partial charge in [-0.25, -0.2) is 9.97 Å². The van der Waals surface area contributed by atoms with Crippen molar-refractivity contribution >= 4 is 11.9 Å². The zero-order valence-electron chi connectivity index (χ0n) is 12.3. The second-order valence-corrected chi connectivity index (χ2v) is 6.56. The lowest BCUT2D eigenvalue weighted by Crippen LogP contribution is -2.39. The van der Waals surface area contributed by atoms with Crippen LogP contribution in [0.15, 0.2) is 12.3 Å². The van der Waals surface area contributed by atoms with Gasteiger partial charge in [0.15, 0.2) is 0 Å². The van der Waals surface area contributed by atoms with Gasteiger partial charge in [-0.3, -0.25) is 4.79 Å². The zero-order chi connectivity index (χ0) is 14.2. The van der Waals surface area contributed by atoms with E-state index in [-0.39, 0.29) is 11.9 Å². The third-order valence-corrected chi connectivity index (χ3v) is 5.24. The van der Waals surface area contributed by atoms with Crippen molar-refractivity contribution in [2.45, 2.75) is 62.9 Å². The molecule has 21 heavy (non-hydrogen) atoms. The zero-order valence-corrected chi connectivity index (χ0v) is 12.3. The first-order valence-electron chi connectivity index (χ1n) is 8.19. The van der Waals surface area contributed by atoms with Gasteiger partial charge in [0.25, 0.3) is 0 Å². The lowest BCUT2D eigenvalue weighted by atomic mass is 10.0. The molecule has 3 heterocycles. The molecule has 2 aliphatic heterocycles. The Hall–Kier alpha value is -1.65. The minimum absolute atomic E-state index is 0.166. The second kappa shape index (κ2) is 5.28. The molecule has 5 nitrogen and oxygen atoms in total. The number of fused-ring (bicyclic) bond motifs is 2. The highest BCUT2D eigenvalue weighted by Gasteiger charge is 2.39. The van der Waals surface area contributed by atoms with E-state index in [1.54, 1.807) is 0 Å². The number of hydrogen-bond acceptors (Lipinski definition) is 4. The van der Waals surface area contributed by atoms with Gasteiger partial charge >= 0.3 is 0 Å². The highest BCUT2D eigenvalue weighted by Crippen LogP contribution is 2.35. The highest BCUT2D eigenvalue weighted by molar-refractivity contribution is 5.78. The van der Waals surface area contributed by atoms with Gasteiger partial charge in [-0.05, 0) is 31.7 Å². The van der Waals surface area contributed by atoms with Crippen LogP contribution in [0.2, 0.25) is 0 Å². The van der Waals surface area contributed by atoms with Gasteiger partial charge in [0.1, 0.15) is 0 Å². The minimum Gasteiger partial charge on any atom is -0.354 e. The van der Waals surface area contributed by atoms with E-state index in [2.05, 4.69) is 21.3 Å². The Bertz CT molecular complexity index is 541. The fourth-order valence-electron chi connectivity index (χ4n) is 4.14. The fraction of sp³-hybridized carbons (Fsp3) is 0.688. The SMILES string of the molecule is O=C1C[C@H]2CC[C@@H](CN1)N2c1nccc(C2CCCC2)n1. The monoisotopic (exact) mass is 286 g/mol. The number of carbonyl (C=O) groups is 1. The van der Waals surface area contributed by atoms with E-state index < -0.39 is 0 Å². The second-order valence-electron chi connectivity index (χ2n) is 6.56. The summed E-state index contributed by atoms with van der Waals surface area (Å²) >= 11 is 0. The molecule has 1 aromatic heterocycles. The normalized spacial score (nSPS) is 29.5. The van der Waals surface area contributed by atoms with Crippen LogP contribution >= 0.6 is 0 Å². The standard InChI is InChI=1S/C16H22N4O/c21-15-9-12-5-6-13(10-18-15)20(12)16-17-8-7-14(19-16)11-3-1-2-4-11/h7-8,11-13H,1-6,9-10H2,(H,18,21)/t12-,13+/m1/s1. The van der Waals surface area contributed by atoms with E-state index in [1.165, 1.54) is 31.4 Å². The molecule has 1 saturated carbocycles. The third-order valence-electron chi connectivity index (χ3n) is 5.24. The third kappa shape index (κ3) is 2.39. The summed E-state index contributed by atoms with van der Waals surface area (Å²) in [4.78, 5) is 23.4. The molecule has 3 aliphatic rings. The molecule has 3 fully saturated rings. The molecule has 0 unspecified atom stereocenters. The molecule has 0 spiro atoms. The first-order chi connectivity index (χ1) is 10.3. The van der Waals surface area contributed by atoms with Crippen LogP contribution in [-0.2, 0) is 4.79 Å². The predicted molar refractivity (Wildman–Crippen MR) is 80.2 cm³/mol. The Morgan fingerprint density at radius 1 is 1.14 bits per heavy atom. The molecule has 0 aromatic carbocycles. The Morgan fingerprint density at radius 3 is 2.81 bits per heavy atom. The molecule has 1 N–H and O–H groups in total. The van der Waals surface area contributed by atoms with Crippen LogP contribution in [0.5, 0.6) is 0 Å². The lowest BCUT2D eigenvalue weighted by Gasteiger charge is -2.27. The average molecular weight is 286 g/mol. The van der Waals surface area contributed by atoms with Crippen molar-refractivity contribution in [2.24, 2.45) is 0 Å². The number of amides is 1. The number of carbonyl (C=O) groups excluding carboxylic acids is 1. The van der Waals surface area contributed by atoms with Crippen LogP contribution in [0.4, 0.5) is 5.95 Å². The maximum Gasteiger partial charge on any atom is 0.226 e. The van der Waals surface area contributed by atoms with Gasteiger partial charge < -0.3 is 10.2 Å². The van der Waals surface area contributed by atoms with Crippen LogP contribution in [-0.4, -0.2) is 34.5 Å². The van der Waals surface area contributed by atoms with Crippen molar-refractivity contribution in [1.29, 1.82) is 0 Å². The van der Waals surface area contributed by atoms with Gasteiger partial charge in [0.05, 0.1) is 0 Å². The average Bonchev–Trinajstić information content (AvgIpc) is 3.11. The number of rotatable bonds is 2. The summed E-state index contributed by atoms with van der Waals surface area (Å²) in [5.41, 5.74) is 1.19. The van der Waals surface area contributed by atoms with Gasteiger partial charge in [0.2, 0.25) is 11.9 Å². The van der Waals surface area contributed by atoms with Gasteiger partial charge in [-0.15, -0.1) is 0 Å². The maximum atomic E-state index is 11.7. The molecule has 4 rings (SSSR count). The summed E-state index contributed by atoms with van der Waals surface area (Å²) in [7, 11) is 0. The number of anilines is 1. The number of nitrogens with one attached hydrogen (secondary N) is 1. The van der Waals surface area contributed by atoms with Crippen molar-refractivity contribution < 1.29 is 4.79 Å². The Kier molecular flexibility index (Phi) is 3.28. The van der Waals surface area contributed by atoms with Crippen molar-refractivity contribution in [1.82, 2.24) is 15.3 Å². The van der Waals surface area contributed by atoms with Crippen LogP contribution in [0, 0.1) is 0 Å². The van der Waals surface area contributed by atoms with Gasteiger partial charge in [-0.1, -0.05) is 12.8 Å². The van der Waals surface area contributed by atoms with E-state index >= 15 is 0 Å². The topological polar surface area (TPSA) is 58.1 Å². The summed E-state index contributed by atoms with van der Waals surface area (Å²) in [6.07, 6.45) is 9.82. The summed E-state index contributed by atoms with van der Waals surface area (Å²) in [6.45, 7) is 0.729. The molecule has 2 atom stereocenters. The van der Waals surface area contributed by atoms with Crippen molar-refractivity contribution in [3.05, 3.63) is 18.0 Å². The Morgan fingerprint density at radius 2 is 1.95 bits per heavy atom. The van der Waals surface area contributed by atoms with Crippen LogP contribution < -0.4 is 10.2 Å². The summed E-state index contributed by atoms with van der Waals surface area (Å²) in [5, 5.41) is 3.01. The van der Waals surface area contributed by atoms with Crippen molar-refractivity contribution in [2.75, 3.05) is 11.4 Å². The molecule has 2 saturated heterocycles. The molecule has 2 bridgehead atoms. The van der Waals surface area contributed by atoms with E-state index in [4.69, 9.17) is 4.98 Å². The molecule has 112 valence electrons. The Balaban J connectivity index is 1.63. The number of aromatic nitrogens is 2. The summed E-state index contributed by atoms with van der Waals surface area (Å²) in [5.74, 6) is 1.61. The first-order valence-corrected chi connectivity index (χ1v) is 8.19. The van der Waals surface area contributed by atoms with E-state index in [1.807, 2.05) is 6.20 Å². The fourth-order valence-corrected chi connectivity index (χ4v) is 4.14. The van der Waals surface area contributed by atoms with E-state index in [0.29, 0.717) is 18.4 Å².